The van der Waals surface area contributed by atoms with Gasteiger partial charge in [0.15, 0.2) is 0 Å². The van der Waals surface area contributed by atoms with Crippen molar-refractivity contribution in [3.05, 3.63) is 72.1 Å². The van der Waals surface area contributed by atoms with Crippen molar-refractivity contribution in [2.24, 2.45) is 0 Å². The summed E-state index contributed by atoms with van der Waals surface area (Å²) in [4.78, 5) is 16.6. The molecular formula is C20H17F2N3O3. The second-order valence-electron chi connectivity index (χ2n) is 5.70. The molecule has 1 heterocycles. The van der Waals surface area contributed by atoms with Crippen LogP contribution in [0.4, 0.5) is 25.8 Å². The molecule has 0 aliphatic heterocycles. The lowest BCUT2D eigenvalue weighted by Gasteiger charge is -2.12. The lowest BCUT2D eigenvalue weighted by molar-refractivity contribution is 0.102. The highest BCUT2D eigenvalue weighted by Crippen LogP contribution is 2.29. The van der Waals surface area contributed by atoms with E-state index in [1.807, 2.05) is 0 Å². The van der Waals surface area contributed by atoms with Crippen molar-refractivity contribution >= 4 is 23.0 Å². The number of methoxy groups -OCH3 is 2. The Morgan fingerprint density at radius 1 is 0.964 bits per heavy atom. The Labute approximate surface area is 160 Å². The quantitative estimate of drug-likeness (QED) is 0.659. The molecule has 0 saturated carbocycles. The summed E-state index contributed by atoms with van der Waals surface area (Å²) in [6.07, 6.45) is 1.40. The molecule has 0 spiro atoms. The topological polar surface area (TPSA) is 72.5 Å². The van der Waals surface area contributed by atoms with E-state index in [1.165, 1.54) is 32.5 Å². The number of halogens is 2. The number of nitrogens with one attached hydrogen (secondary N) is 2. The third-order valence-corrected chi connectivity index (χ3v) is 3.86. The number of nitrogens with zero attached hydrogens (tertiary/aromatic N) is 1. The van der Waals surface area contributed by atoms with Crippen LogP contribution in [0.2, 0.25) is 0 Å². The van der Waals surface area contributed by atoms with Crippen LogP contribution in [0.1, 0.15) is 10.5 Å². The maximum Gasteiger partial charge on any atom is 0.274 e. The Hall–Kier alpha value is -3.68. The van der Waals surface area contributed by atoms with Crippen molar-refractivity contribution < 1.29 is 23.0 Å². The Bertz CT molecular complexity index is 1010. The number of amides is 1. The molecule has 6 nitrogen and oxygen atoms in total. The molecular weight excluding hydrogens is 368 g/mol. The number of aromatic nitrogens is 1. The summed E-state index contributed by atoms with van der Waals surface area (Å²) in [7, 11) is 3.00. The SMILES string of the molecule is COc1ccc(OC)c(NC(=O)c2cc(Nc3ccc(F)cc3F)ccn2)c1. The number of ether oxygens (including phenoxy) is 2. The van der Waals surface area contributed by atoms with Gasteiger partial charge in [0.2, 0.25) is 0 Å². The number of rotatable bonds is 6. The Balaban J connectivity index is 1.81. The van der Waals surface area contributed by atoms with Gasteiger partial charge in [-0.2, -0.15) is 0 Å². The van der Waals surface area contributed by atoms with Crippen LogP contribution < -0.4 is 20.1 Å². The lowest BCUT2D eigenvalue weighted by atomic mass is 10.2. The molecule has 0 radical (unpaired) electrons. The average Bonchev–Trinajstić information content (AvgIpc) is 2.70. The fourth-order valence-electron chi connectivity index (χ4n) is 2.48. The van der Waals surface area contributed by atoms with Gasteiger partial charge >= 0.3 is 0 Å². The molecule has 8 heteroatoms. The minimum absolute atomic E-state index is 0.0772. The zero-order valence-corrected chi connectivity index (χ0v) is 15.1. The summed E-state index contributed by atoms with van der Waals surface area (Å²) in [5, 5.41) is 5.50. The van der Waals surface area contributed by atoms with Crippen molar-refractivity contribution in [1.29, 1.82) is 0 Å². The van der Waals surface area contributed by atoms with Crippen LogP contribution in [0.5, 0.6) is 11.5 Å². The average molecular weight is 385 g/mol. The molecule has 0 fully saturated rings. The van der Waals surface area contributed by atoms with Gasteiger partial charge in [0.1, 0.15) is 28.8 Å². The van der Waals surface area contributed by atoms with Crippen LogP contribution in [-0.2, 0) is 0 Å². The van der Waals surface area contributed by atoms with E-state index in [9.17, 15) is 13.6 Å². The number of hydrogen-bond acceptors (Lipinski definition) is 5. The first kappa shape index (κ1) is 19.1. The predicted octanol–water partition coefficient (Wildman–Crippen LogP) is 4.37. The highest BCUT2D eigenvalue weighted by Gasteiger charge is 2.13. The number of hydrogen-bond donors (Lipinski definition) is 2. The van der Waals surface area contributed by atoms with Crippen molar-refractivity contribution in [2.45, 2.75) is 0 Å². The summed E-state index contributed by atoms with van der Waals surface area (Å²) in [6.45, 7) is 0. The van der Waals surface area contributed by atoms with E-state index < -0.39 is 17.5 Å². The standard InChI is InChI=1S/C20H17F2N3O3/c1-27-14-4-6-19(28-2)17(11-14)25-20(26)18-10-13(7-8-23-18)24-16-5-3-12(21)9-15(16)22/h3-11H,1-2H3,(H,23,24)(H,25,26). The zero-order chi connectivity index (χ0) is 20.1. The van der Waals surface area contributed by atoms with Gasteiger partial charge in [0.05, 0.1) is 25.6 Å². The number of carbonyl (C=O) groups excluding carboxylic acids is 1. The first-order valence-electron chi connectivity index (χ1n) is 8.21. The molecule has 3 rings (SSSR count). The first-order chi connectivity index (χ1) is 13.5. The van der Waals surface area contributed by atoms with Crippen LogP contribution in [0, 0.1) is 11.6 Å². The minimum atomic E-state index is -0.746. The van der Waals surface area contributed by atoms with Crippen LogP contribution in [-0.4, -0.2) is 25.1 Å². The smallest absolute Gasteiger partial charge is 0.274 e. The molecule has 0 aliphatic carbocycles. The molecule has 0 unspecified atom stereocenters. The predicted molar refractivity (Wildman–Crippen MR) is 101 cm³/mol. The highest BCUT2D eigenvalue weighted by atomic mass is 19.1. The van der Waals surface area contributed by atoms with Crippen molar-refractivity contribution in [1.82, 2.24) is 4.98 Å². The van der Waals surface area contributed by atoms with E-state index in [0.717, 1.165) is 12.1 Å². The number of benzene rings is 2. The number of anilines is 3. The second kappa shape index (κ2) is 8.34. The Morgan fingerprint density at radius 2 is 1.79 bits per heavy atom. The molecule has 0 aliphatic rings. The summed E-state index contributed by atoms with van der Waals surface area (Å²) in [5.74, 6) is -0.910. The fraction of sp³-hybridized carbons (Fsp3) is 0.100. The Kier molecular flexibility index (Phi) is 5.69. The summed E-state index contributed by atoms with van der Waals surface area (Å²) < 4.78 is 37.2. The molecule has 0 atom stereocenters. The minimum Gasteiger partial charge on any atom is -0.497 e. The monoisotopic (exact) mass is 385 g/mol. The van der Waals surface area contributed by atoms with Gasteiger partial charge in [-0.3, -0.25) is 9.78 Å². The molecule has 0 bridgehead atoms. The van der Waals surface area contributed by atoms with Crippen molar-refractivity contribution in [3.63, 3.8) is 0 Å². The maximum atomic E-state index is 13.8. The van der Waals surface area contributed by atoms with Crippen LogP contribution >= 0.6 is 0 Å². The molecule has 3 aromatic rings. The van der Waals surface area contributed by atoms with E-state index in [-0.39, 0.29) is 11.4 Å². The van der Waals surface area contributed by atoms with E-state index >= 15 is 0 Å². The Morgan fingerprint density at radius 3 is 2.50 bits per heavy atom. The van der Waals surface area contributed by atoms with Gasteiger partial charge in [-0.15, -0.1) is 0 Å². The number of carbonyl (C=O) groups is 1. The van der Waals surface area contributed by atoms with E-state index in [4.69, 9.17) is 9.47 Å². The third kappa shape index (κ3) is 4.35. The van der Waals surface area contributed by atoms with Crippen LogP contribution in [0.3, 0.4) is 0 Å². The molecule has 144 valence electrons. The summed E-state index contributed by atoms with van der Waals surface area (Å²) in [5.41, 5.74) is 1.01. The van der Waals surface area contributed by atoms with Gasteiger partial charge in [-0.1, -0.05) is 0 Å². The second-order valence-corrected chi connectivity index (χ2v) is 5.70. The van der Waals surface area contributed by atoms with Crippen molar-refractivity contribution in [2.75, 3.05) is 24.9 Å². The van der Waals surface area contributed by atoms with E-state index in [1.54, 1.807) is 24.3 Å². The largest absolute Gasteiger partial charge is 0.497 e. The summed E-state index contributed by atoms with van der Waals surface area (Å²) >= 11 is 0. The molecule has 0 saturated heterocycles. The maximum absolute atomic E-state index is 13.8. The highest BCUT2D eigenvalue weighted by molar-refractivity contribution is 6.04. The zero-order valence-electron chi connectivity index (χ0n) is 15.1. The fourth-order valence-corrected chi connectivity index (χ4v) is 2.48. The summed E-state index contributed by atoms with van der Waals surface area (Å²) in [6, 6.07) is 11.2. The third-order valence-electron chi connectivity index (χ3n) is 3.86. The molecule has 1 aromatic heterocycles. The van der Waals surface area contributed by atoms with Gasteiger partial charge < -0.3 is 20.1 Å². The molecule has 2 N–H and O–H groups in total. The lowest BCUT2D eigenvalue weighted by Crippen LogP contribution is -2.14. The number of pyridine rings is 1. The normalized spacial score (nSPS) is 10.3. The first-order valence-corrected chi connectivity index (χ1v) is 8.21. The molecule has 28 heavy (non-hydrogen) atoms. The van der Waals surface area contributed by atoms with Gasteiger partial charge in [0, 0.05) is 24.0 Å². The van der Waals surface area contributed by atoms with Crippen LogP contribution in [0.25, 0.3) is 0 Å². The molecule has 1 amide bonds. The van der Waals surface area contributed by atoms with E-state index in [0.29, 0.717) is 22.9 Å². The van der Waals surface area contributed by atoms with Crippen molar-refractivity contribution in [3.8, 4) is 11.5 Å². The van der Waals surface area contributed by atoms with Gasteiger partial charge in [-0.05, 0) is 36.4 Å². The van der Waals surface area contributed by atoms with Gasteiger partial charge in [0.25, 0.3) is 5.91 Å². The van der Waals surface area contributed by atoms with Crippen LogP contribution in [0.15, 0.2) is 54.7 Å². The molecule has 2 aromatic carbocycles. The van der Waals surface area contributed by atoms with E-state index in [2.05, 4.69) is 15.6 Å². The van der Waals surface area contributed by atoms with Gasteiger partial charge in [-0.25, -0.2) is 8.78 Å².